The number of carbonyl (C=O) groups is 1. The number of ether oxygens (including phenoxy) is 2. The van der Waals surface area contributed by atoms with Crippen LogP contribution >= 0.6 is 23.1 Å². The molecule has 0 unspecified atom stereocenters. The Morgan fingerprint density at radius 1 is 1.38 bits per heavy atom. The fourth-order valence-corrected chi connectivity index (χ4v) is 5.06. The summed E-state index contributed by atoms with van der Waals surface area (Å²) < 4.78 is 11.1. The fraction of sp³-hybridized carbons (Fsp3) is 0.412. The van der Waals surface area contributed by atoms with Crippen molar-refractivity contribution in [1.82, 2.24) is 15.0 Å². The van der Waals surface area contributed by atoms with E-state index in [1.165, 1.54) is 18.9 Å². The smallest absolute Gasteiger partial charge is 0.316 e. The molecule has 0 bridgehead atoms. The summed E-state index contributed by atoms with van der Waals surface area (Å²) >= 11 is 2.94. The number of carbonyl (C=O) groups excluding carboxylic acids is 1. The van der Waals surface area contributed by atoms with E-state index in [4.69, 9.17) is 14.5 Å². The molecule has 0 aromatic carbocycles. The van der Waals surface area contributed by atoms with Crippen molar-refractivity contribution in [2.45, 2.75) is 11.9 Å². The van der Waals surface area contributed by atoms with Crippen LogP contribution in [0.15, 0.2) is 17.4 Å². The number of anilines is 1. The number of thiophene rings is 1. The second-order valence-electron chi connectivity index (χ2n) is 5.90. The minimum atomic E-state index is -0.271. The molecule has 4 rings (SSSR count). The maximum absolute atomic E-state index is 11.5. The first-order valence-corrected chi connectivity index (χ1v) is 10.0. The Morgan fingerprint density at radius 2 is 2.19 bits per heavy atom. The Morgan fingerprint density at radius 3 is 2.96 bits per heavy atom. The molecule has 0 saturated carbocycles. The zero-order valence-electron chi connectivity index (χ0n) is 14.5. The highest BCUT2D eigenvalue weighted by molar-refractivity contribution is 8.00. The zero-order chi connectivity index (χ0) is 18.1. The van der Waals surface area contributed by atoms with Gasteiger partial charge in [-0.3, -0.25) is 4.79 Å². The Labute approximate surface area is 158 Å². The van der Waals surface area contributed by atoms with Crippen molar-refractivity contribution in [2.75, 3.05) is 44.1 Å². The molecular formula is C17H18N4O3S2. The molecule has 0 spiro atoms. The van der Waals surface area contributed by atoms with Gasteiger partial charge in [0.05, 0.1) is 36.3 Å². The number of thioether (sulfide) groups is 1. The molecule has 4 heterocycles. The van der Waals surface area contributed by atoms with Crippen LogP contribution in [-0.4, -0.2) is 60.1 Å². The van der Waals surface area contributed by atoms with Crippen molar-refractivity contribution >= 4 is 55.3 Å². The van der Waals surface area contributed by atoms with Gasteiger partial charge in [0.25, 0.3) is 0 Å². The highest BCUT2D eigenvalue weighted by atomic mass is 32.2. The van der Waals surface area contributed by atoms with Gasteiger partial charge < -0.3 is 14.4 Å². The zero-order valence-corrected chi connectivity index (χ0v) is 16.2. The van der Waals surface area contributed by atoms with Gasteiger partial charge in [0.15, 0.2) is 0 Å². The maximum atomic E-state index is 11.5. The molecule has 0 N–H and O–H groups in total. The van der Waals surface area contributed by atoms with Crippen molar-refractivity contribution in [2.24, 2.45) is 0 Å². The number of esters is 1. The maximum Gasteiger partial charge on any atom is 0.316 e. The Kier molecular flexibility index (Phi) is 4.92. The molecule has 0 amide bonds. The molecule has 3 aromatic rings. The number of fused-ring (bicyclic) bond motifs is 3. The van der Waals surface area contributed by atoms with E-state index in [2.05, 4.69) is 27.9 Å². The SMILES string of the molecule is COC(=O)CSc1ncnc2c1sc1nc(N3CCOCC3)cc(C)c12. The molecule has 0 aliphatic carbocycles. The van der Waals surface area contributed by atoms with Crippen molar-refractivity contribution in [1.29, 1.82) is 0 Å². The number of nitrogens with zero attached hydrogens (tertiary/aromatic N) is 4. The minimum Gasteiger partial charge on any atom is -0.468 e. The highest BCUT2D eigenvalue weighted by Crippen LogP contribution is 2.39. The number of methoxy groups -OCH3 is 1. The number of hydrogen-bond donors (Lipinski definition) is 0. The van der Waals surface area contributed by atoms with E-state index in [1.807, 2.05) is 0 Å². The third kappa shape index (κ3) is 3.22. The first kappa shape index (κ1) is 17.4. The lowest BCUT2D eigenvalue weighted by Crippen LogP contribution is -2.36. The Bertz CT molecular complexity index is 969. The number of morpholine rings is 1. The first-order chi connectivity index (χ1) is 12.7. The van der Waals surface area contributed by atoms with Gasteiger partial charge in [0, 0.05) is 18.5 Å². The molecule has 0 atom stereocenters. The second-order valence-corrected chi connectivity index (χ2v) is 7.86. The predicted octanol–water partition coefficient (Wildman–Crippen LogP) is 2.65. The van der Waals surface area contributed by atoms with E-state index in [0.29, 0.717) is 0 Å². The van der Waals surface area contributed by atoms with Crippen molar-refractivity contribution in [3.05, 3.63) is 18.0 Å². The number of aromatic nitrogens is 3. The van der Waals surface area contributed by atoms with Crippen molar-refractivity contribution < 1.29 is 14.3 Å². The van der Waals surface area contributed by atoms with E-state index in [9.17, 15) is 4.79 Å². The predicted molar refractivity (Wildman–Crippen MR) is 103 cm³/mol. The minimum absolute atomic E-state index is 0.225. The lowest BCUT2D eigenvalue weighted by atomic mass is 10.2. The van der Waals surface area contributed by atoms with Crippen LogP contribution in [0.2, 0.25) is 0 Å². The highest BCUT2D eigenvalue weighted by Gasteiger charge is 2.19. The molecule has 1 aliphatic rings. The van der Waals surface area contributed by atoms with Gasteiger partial charge >= 0.3 is 5.97 Å². The average Bonchev–Trinajstić information content (AvgIpc) is 3.06. The summed E-state index contributed by atoms with van der Waals surface area (Å²) in [6.07, 6.45) is 1.55. The molecular weight excluding hydrogens is 372 g/mol. The largest absolute Gasteiger partial charge is 0.468 e. The molecule has 1 fully saturated rings. The molecule has 0 radical (unpaired) electrons. The van der Waals surface area contributed by atoms with E-state index in [1.54, 1.807) is 17.7 Å². The molecule has 7 nitrogen and oxygen atoms in total. The van der Waals surface area contributed by atoms with Gasteiger partial charge in [-0.05, 0) is 18.6 Å². The van der Waals surface area contributed by atoms with Crippen molar-refractivity contribution in [3.8, 4) is 0 Å². The van der Waals surface area contributed by atoms with Crippen molar-refractivity contribution in [3.63, 3.8) is 0 Å². The van der Waals surface area contributed by atoms with Crippen LogP contribution in [0.3, 0.4) is 0 Å². The summed E-state index contributed by atoms with van der Waals surface area (Å²) in [5.74, 6) is 0.927. The topological polar surface area (TPSA) is 77.4 Å². The second kappa shape index (κ2) is 7.34. The number of aryl methyl sites for hydroxylation is 1. The number of rotatable bonds is 4. The average molecular weight is 390 g/mol. The van der Waals surface area contributed by atoms with Crippen LogP contribution in [0, 0.1) is 6.92 Å². The Balaban J connectivity index is 1.77. The normalized spacial score (nSPS) is 14.9. The van der Waals surface area contributed by atoms with Crippen LogP contribution in [-0.2, 0) is 14.3 Å². The van der Waals surface area contributed by atoms with Gasteiger partial charge in [-0.25, -0.2) is 15.0 Å². The standard InChI is InChI=1S/C17H18N4O3S2/c1-10-7-11(21-3-5-24-6-4-21)20-16-13(10)14-15(26-16)17(19-9-18-14)25-8-12(22)23-2/h7,9H,3-6,8H2,1-2H3. The van der Waals surface area contributed by atoms with Crippen LogP contribution in [0.1, 0.15) is 5.56 Å². The van der Waals surface area contributed by atoms with Crippen LogP contribution in [0.25, 0.3) is 20.4 Å². The molecule has 1 aliphatic heterocycles. The van der Waals surface area contributed by atoms with E-state index >= 15 is 0 Å². The monoisotopic (exact) mass is 390 g/mol. The third-order valence-electron chi connectivity index (χ3n) is 4.27. The molecule has 3 aromatic heterocycles. The molecule has 9 heteroatoms. The third-order valence-corrected chi connectivity index (χ3v) is 6.44. The number of hydrogen-bond acceptors (Lipinski definition) is 9. The van der Waals surface area contributed by atoms with Gasteiger partial charge in [-0.1, -0.05) is 11.8 Å². The summed E-state index contributed by atoms with van der Waals surface area (Å²) in [5.41, 5.74) is 2.04. The van der Waals surface area contributed by atoms with E-state index in [0.717, 1.165) is 63.1 Å². The van der Waals surface area contributed by atoms with Crippen LogP contribution in [0.5, 0.6) is 0 Å². The van der Waals surface area contributed by atoms with Crippen LogP contribution < -0.4 is 4.90 Å². The van der Waals surface area contributed by atoms with Gasteiger partial charge in [0.2, 0.25) is 0 Å². The summed E-state index contributed by atoms with van der Waals surface area (Å²) in [5, 5.41) is 1.85. The molecule has 1 saturated heterocycles. The quantitative estimate of drug-likeness (QED) is 0.382. The summed E-state index contributed by atoms with van der Waals surface area (Å²) in [7, 11) is 1.39. The Hall–Kier alpha value is -1.97. The fourth-order valence-electron chi connectivity index (χ4n) is 2.96. The molecule has 136 valence electrons. The van der Waals surface area contributed by atoms with Gasteiger partial charge in [-0.15, -0.1) is 11.3 Å². The summed E-state index contributed by atoms with van der Waals surface area (Å²) in [6.45, 7) is 5.24. The van der Waals surface area contributed by atoms with E-state index < -0.39 is 0 Å². The lowest BCUT2D eigenvalue weighted by Gasteiger charge is -2.28. The molecule has 26 heavy (non-hydrogen) atoms. The van der Waals surface area contributed by atoms with Gasteiger partial charge in [0.1, 0.15) is 22.0 Å². The lowest BCUT2D eigenvalue weighted by molar-refractivity contribution is -0.137. The number of pyridine rings is 1. The van der Waals surface area contributed by atoms with Crippen LogP contribution in [0.4, 0.5) is 5.82 Å². The first-order valence-electron chi connectivity index (χ1n) is 8.24. The van der Waals surface area contributed by atoms with Gasteiger partial charge in [-0.2, -0.15) is 0 Å². The summed E-state index contributed by atoms with van der Waals surface area (Å²) in [4.78, 5) is 28.3. The van der Waals surface area contributed by atoms with E-state index in [-0.39, 0.29) is 11.7 Å². The summed E-state index contributed by atoms with van der Waals surface area (Å²) in [6, 6.07) is 2.11.